The third-order valence-electron chi connectivity index (χ3n) is 1.64. The zero-order valence-electron chi connectivity index (χ0n) is 6.89. The Hall–Kier alpha value is -1.87. The maximum absolute atomic E-state index is 10.4. The van der Waals surface area contributed by atoms with Crippen LogP contribution in [-0.4, -0.2) is 19.6 Å². The molecule has 0 aliphatic carbocycles. The van der Waals surface area contributed by atoms with Crippen molar-refractivity contribution in [3.63, 3.8) is 0 Å². The number of rotatable bonds is 2. The van der Waals surface area contributed by atoms with E-state index >= 15 is 0 Å². The molecule has 0 spiro atoms. The molecule has 68 valence electrons. The Bertz CT molecular complexity index is 388. The number of nitrogens with zero attached hydrogens (tertiary/aromatic N) is 3. The van der Waals surface area contributed by atoms with E-state index in [1.54, 1.807) is 0 Å². The minimum atomic E-state index is -0.674. The summed E-state index contributed by atoms with van der Waals surface area (Å²) in [4.78, 5) is 13.3. The standard InChI is InChI=1S/C7H7N3O3/c1-3-6-8-7(10(12)13)5(4-11)9(6)2/h1,11H,4H2,2H3. The summed E-state index contributed by atoms with van der Waals surface area (Å²) in [5, 5.41) is 19.2. The lowest BCUT2D eigenvalue weighted by molar-refractivity contribution is -0.390. The van der Waals surface area contributed by atoms with E-state index in [9.17, 15) is 10.1 Å². The molecule has 0 saturated carbocycles. The molecule has 0 bridgehead atoms. The zero-order valence-corrected chi connectivity index (χ0v) is 6.89. The molecule has 1 rings (SSSR count). The number of aliphatic hydroxyl groups excluding tert-OH is 1. The summed E-state index contributed by atoms with van der Waals surface area (Å²) in [7, 11) is 1.51. The second-order valence-corrected chi connectivity index (χ2v) is 2.32. The molecule has 0 aliphatic heterocycles. The van der Waals surface area contributed by atoms with Crippen LogP contribution in [0.2, 0.25) is 0 Å². The van der Waals surface area contributed by atoms with E-state index in [1.807, 2.05) is 0 Å². The van der Waals surface area contributed by atoms with Crippen LogP contribution in [0.25, 0.3) is 0 Å². The fourth-order valence-electron chi connectivity index (χ4n) is 0.970. The molecule has 1 aromatic rings. The molecule has 1 heterocycles. The molecule has 0 atom stereocenters. The highest BCUT2D eigenvalue weighted by molar-refractivity contribution is 5.34. The monoisotopic (exact) mass is 181 g/mol. The second-order valence-electron chi connectivity index (χ2n) is 2.32. The summed E-state index contributed by atoms with van der Waals surface area (Å²) in [5.74, 6) is 1.93. The summed E-state index contributed by atoms with van der Waals surface area (Å²) in [6.45, 7) is -0.457. The highest BCUT2D eigenvalue weighted by Gasteiger charge is 2.23. The van der Waals surface area contributed by atoms with E-state index in [-0.39, 0.29) is 11.5 Å². The molecule has 0 unspecified atom stereocenters. The summed E-state index contributed by atoms with van der Waals surface area (Å²) >= 11 is 0. The van der Waals surface area contributed by atoms with Crippen molar-refractivity contribution in [2.75, 3.05) is 0 Å². The van der Waals surface area contributed by atoms with Gasteiger partial charge in [-0.2, -0.15) is 0 Å². The minimum Gasteiger partial charge on any atom is -0.390 e. The molecular weight excluding hydrogens is 174 g/mol. The first-order valence-corrected chi connectivity index (χ1v) is 3.39. The van der Waals surface area contributed by atoms with E-state index < -0.39 is 17.3 Å². The number of hydrogen-bond donors (Lipinski definition) is 1. The summed E-state index contributed by atoms with van der Waals surface area (Å²) < 4.78 is 1.32. The fraction of sp³-hybridized carbons (Fsp3) is 0.286. The molecule has 0 radical (unpaired) electrons. The van der Waals surface area contributed by atoms with Gasteiger partial charge in [0, 0.05) is 7.05 Å². The first-order chi connectivity index (χ1) is 6.11. The molecule has 0 saturated heterocycles. The molecule has 0 fully saturated rings. The normalized spacial score (nSPS) is 9.62. The minimum absolute atomic E-state index is 0.109. The van der Waals surface area contributed by atoms with Gasteiger partial charge < -0.3 is 15.2 Å². The topological polar surface area (TPSA) is 81.2 Å². The Labute approximate surface area is 74.0 Å². The third-order valence-corrected chi connectivity index (χ3v) is 1.64. The smallest absolute Gasteiger partial charge is 0.388 e. The third kappa shape index (κ3) is 1.37. The number of aliphatic hydroxyl groups is 1. The van der Waals surface area contributed by atoms with Gasteiger partial charge in [0.15, 0.2) is 0 Å². The van der Waals surface area contributed by atoms with Crippen LogP contribution < -0.4 is 0 Å². The largest absolute Gasteiger partial charge is 0.390 e. The van der Waals surface area contributed by atoms with Gasteiger partial charge in [-0.1, -0.05) is 0 Å². The number of hydrogen-bond acceptors (Lipinski definition) is 4. The van der Waals surface area contributed by atoms with Crippen LogP contribution in [0.4, 0.5) is 5.82 Å². The van der Waals surface area contributed by atoms with Crippen molar-refractivity contribution in [3.8, 4) is 12.3 Å². The zero-order chi connectivity index (χ0) is 10.0. The lowest BCUT2D eigenvalue weighted by atomic mass is 10.4. The van der Waals surface area contributed by atoms with Gasteiger partial charge in [0.05, 0.1) is 6.61 Å². The number of nitro groups is 1. The van der Waals surface area contributed by atoms with Crippen LogP contribution in [0.3, 0.4) is 0 Å². The Balaban J connectivity index is 3.38. The van der Waals surface area contributed by atoms with Crippen molar-refractivity contribution < 1.29 is 10.0 Å². The molecular formula is C7H7N3O3. The average molecular weight is 181 g/mol. The lowest BCUT2D eigenvalue weighted by Crippen LogP contribution is -2.00. The molecule has 1 N–H and O–H groups in total. The second kappa shape index (κ2) is 3.25. The Kier molecular flexibility index (Phi) is 2.30. The van der Waals surface area contributed by atoms with Crippen molar-refractivity contribution in [1.82, 2.24) is 9.55 Å². The maximum Gasteiger partial charge on any atom is 0.388 e. The van der Waals surface area contributed by atoms with Crippen molar-refractivity contribution in [1.29, 1.82) is 0 Å². The van der Waals surface area contributed by atoms with Gasteiger partial charge in [-0.3, -0.25) is 4.57 Å². The molecule has 6 heteroatoms. The fourth-order valence-corrected chi connectivity index (χ4v) is 0.970. The average Bonchev–Trinajstić information content (AvgIpc) is 2.42. The molecule has 13 heavy (non-hydrogen) atoms. The summed E-state index contributed by atoms with van der Waals surface area (Å²) in [5.41, 5.74) is 0.109. The van der Waals surface area contributed by atoms with Gasteiger partial charge in [-0.25, -0.2) is 0 Å². The summed E-state index contributed by atoms with van der Waals surface area (Å²) in [6.07, 6.45) is 5.05. The Morgan fingerprint density at radius 3 is 2.77 bits per heavy atom. The van der Waals surface area contributed by atoms with Gasteiger partial charge in [-0.15, -0.1) is 6.42 Å². The lowest BCUT2D eigenvalue weighted by Gasteiger charge is -1.95. The number of aromatic nitrogens is 2. The van der Waals surface area contributed by atoms with Crippen LogP contribution in [0.5, 0.6) is 0 Å². The molecule has 0 aromatic carbocycles. The van der Waals surface area contributed by atoms with Crippen LogP contribution in [0.1, 0.15) is 11.5 Å². The van der Waals surface area contributed by atoms with Gasteiger partial charge >= 0.3 is 5.82 Å². The van der Waals surface area contributed by atoms with Crippen molar-refractivity contribution in [3.05, 3.63) is 21.6 Å². The number of terminal acetylenes is 1. The predicted octanol–water partition coefficient (Wildman–Crippen LogP) is -0.198. The molecule has 0 amide bonds. The van der Waals surface area contributed by atoms with Crippen LogP contribution in [0, 0.1) is 22.5 Å². The molecule has 1 aromatic heterocycles. The van der Waals surface area contributed by atoms with E-state index in [4.69, 9.17) is 11.5 Å². The SMILES string of the molecule is C#Cc1nc([N+](=O)[O-])c(CO)n1C. The van der Waals surface area contributed by atoms with Crippen molar-refractivity contribution in [2.24, 2.45) is 7.05 Å². The van der Waals surface area contributed by atoms with Gasteiger partial charge in [-0.05, 0) is 15.8 Å². The first kappa shape index (κ1) is 9.22. The molecule has 0 aliphatic rings. The van der Waals surface area contributed by atoms with Crippen LogP contribution in [0.15, 0.2) is 0 Å². The van der Waals surface area contributed by atoms with Crippen LogP contribution in [-0.2, 0) is 13.7 Å². The first-order valence-electron chi connectivity index (χ1n) is 3.39. The van der Waals surface area contributed by atoms with E-state index in [0.29, 0.717) is 0 Å². The Morgan fingerprint density at radius 2 is 2.46 bits per heavy atom. The van der Waals surface area contributed by atoms with Crippen molar-refractivity contribution in [2.45, 2.75) is 6.61 Å². The highest BCUT2D eigenvalue weighted by Crippen LogP contribution is 2.17. The quantitative estimate of drug-likeness (QED) is 0.389. The molecule has 6 nitrogen and oxygen atoms in total. The van der Waals surface area contributed by atoms with Crippen LogP contribution >= 0.6 is 0 Å². The number of imidazole rings is 1. The summed E-state index contributed by atoms with van der Waals surface area (Å²) in [6, 6.07) is 0. The maximum atomic E-state index is 10.4. The highest BCUT2D eigenvalue weighted by atomic mass is 16.6. The van der Waals surface area contributed by atoms with Gasteiger partial charge in [0.1, 0.15) is 5.69 Å². The van der Waals surface area contributed by atoms with Gasteiger partial charge in [0.25, 0.3) is 5.82 Å². The predicted molar refractivity (Wildman–Crippen MR) is 43.7 cm³/mol. The van der Waals surface area contributed by atoms with Gasteiger partial charge in [0.2, 0.25) is 0 Å². The van der Waals surface area contributed by atoms with Crippen molar-refractivity contribution >= 4 is 5.82 Å². The van der Waals surface area contributed by atoms with E-state index in [2.05, 4.69) is 10.9 Å². The Morgan fingerprint density at radius 1 is 1.85 bits per heavy atom. The van der Waals surface area contributed by atoms with E-state index in [0.717, 1.165) is 0 Å². The van der Waals surface area contributed by atoms with E-state index in [1.165, 1.54) is 11.6 Å².